The first kappa shape index (κ1) is 17.1. The van der Waals surface area contributed by atoms with Crippen molar-refractivity contribution >= 4 is 29.1 Å². The number of rotatable bonds is 8. The van der Waals surface area contributed by atoms with Crippen LogP contribution in [0.3, 0.4) is 0 Å². The van der Waals surface area contributed by atoms with Gasteiger partial charge in [-0.05, 0) is 18.4 Å². The smallest absolute Gasteiger partial charge is 0.331 e. The molecule has 0 aliphatic rings. The Labute approximate surface area is 126 Å². The van der Waals surface area contributed by atoms with Crippen molar-refractivity contribution in [2.75, 3.05) is 20.3 Å². The maximum atomic E-state index is 11.7. The zero-order valence-corrected chi connectivity index (χ0v) is 12.7. The Morgan fingerprint density at radius 1 is 1.43 bits per heavy atom. The molecule has 0 saturated carbocycles. The number of carboxylic acid groups (broad SMARTS) is 1. The van der Waals surface area contributed by atoms with Crippen LogP contribution in [0.4, 0.5) is 0 Å². The van der Waals surface area contributed by atoms with Gasteiger partial charge in [-0.25, -0.2) is 4.79 Å². The Bertz CT molecular complexity index is 503. The van der Waals surface area contributed by atoms with E-state index in [0.29, 0.717) is 4.88 Å². The lowest BCUT2D eigenvalue weighted by molar-refractivity contribution is -0.149. The van der Waals surface area contributed by atoms with E-state index in [-0.39, 0.29) is 25.5 Å². The number of aliphatic carboxylic acids is 1. The second kappa shape index (κ2) is 7.75. The third kappa shape index (κ3) is 5.16. The van der Waals surface area contributed by atoms with Crippen molar-refractivity contribution in [2.24, 2.45) is 0 Å². The van der Waals surface area contributed by atoms with Gasteiger partial charge in [-0.2, -0.15) is 0 Å². The molecule has 0 spiro atoms. The molecule has 0 radical (unpaired) electrons. The Hall–Kier alpha value is -1.93. The van der Waals surface area contributed by atoms with Gasteiger partial charge in [0.25, 0.3) is 5.91 Å². The monoisotopic (exact) mass is 314 g/mol. The summed E-state index contributed by atoms with van der Waals surface area (Å²) in [7, 11) is 1.36. The first-order valence-corrected chi connectivity index (χ1v) is 7.12. The highest BCUT2D eigenvalue weighted by atomic mass is 32.1. The van der Waals surface area contributed by atoms with Crippen molar-refractivity contribution in [1.82, 2.24) is 10.6 Å². The van der Waals surface area contributed by atoms with Crippen LogP contribution >= 0.6 is 11.3 Å². The highest BCUT2D eigenvalue weighted by Gasteiger charge is 2.34. The van der Waals surface area contributed by atoms with Gasteiger partial charge in [0.05, 0.1) is 11.5 Å². The summed E-state index contributed by atoms with van der Waals surface area (Å²) in [5.41, 5.74) is -1.48. The molecule has 0 aliphatic heterocycles. The van der Waals surface area contributed by atoms with Crippen molar-refractivity contribution in [1.29, 1.82) is 0 Å². The van der Waals surface area contributed by atoms with Gasteiger partial charge in [0.15, 0.2) is 5.54 Å². The topological polar surface area (TPSA) is 105 Å². The van der Waals surface area contributed by atoms with E-state index in [1.54, 1.807) is 17.5 Å². The number of carboxylic acids is 1. The summed E-state index contributed by atoms with van der Waals surface area (Å²) in [4.78, 5) is 35.0. The van der Waals surface area contributed by atoms with E-state index in [0.717, 1.165) is 0 Å². The molecule has 1 unspecified atom stereocenters. The van der Waals surface area contributed by atoms with Crippen LogP contribution in [0, 0.1) is 0 Å². The number of amides is 2. The summed E-state index contributed by atoms with van der Waals surface area (Å²) < 4.78 is 4.80. The molecule has 0 saturated heterocycles. The first-order chi connectivity index (χ1) is 9.89. The molecule has 116 valence electrons. The van der Waals surface area contributed by atoms with E-state index < -0.39 is 17.4 Å². The molecule has 0 aromatic carbocycles. The van der Waals surface area contributed by atoms with Crippen molar-refractivity contribution in [3.63, 3.8) is 0 Å². The van der Waals surface area contributed by atoms with E-state index >= 15 is 0 Å². The summed E-state index contributed by atoms with van der Waals surface area (Å²) in [5, 5.41) is 15.9. The summed E-state index contributed by atoms with van der Waals surface area (Å²) in [6.45, 7) is 1.35. The molecule has 8 heteroatoms. The van der Waals surface area contributed by atoms with E-state index in [1.807, 2.05) is 0 Å². The Morgan fingerprint density at radius 2 is 2.14 bits per heavy atom. The number of nitrogens with one attached hydrogen (secondary N) is 2. The number of hydrogen-bond acceptors (Lipinski definition) is 5. The summed E-state index contributed by atoms with van der Waals surface area (Å²) in [5.74, 6) is -1.90. The molecule has 7 nitrogen and oxygen atoms in total. The van der Waals surface area contributed by atoms with Gasteiger partial charge >= 0.3 is 5.97 Å². The van der Waals surface area contributed by atoms with Crippen molar-refractivity contribution in [3.05, 3.63) is 22.4 Å². The highest BCUT2D eigenvalue weighted by molar-refractivity contribution is 7.12. The molecule has 3 N–H and O–H groups in total. The lowest BCUT2D eigenvalue weighted by Crippen LogP contribution is -2.55. The molecule has 1 aromatic rings. The molecular formula is C13H18N2O5S. The van der Waals surface area contributed by atoms with Gasteiger partial charge in [-0.3, -0.25) is 9.59 Å². The predicted molar refractivity (Wildman–Crippen MR) is 77.3 cm³/mol. The second-order valence-electron chi connectivity index (χ2n) is 4.60. The van der Waals surface area contributed by atoms with E-state index in [2.05, 4.69) is 10.6 Å². The number of hydrogen-bond donors (Lipinski definition) is 3. The van der Waals surface area contributed by atoms with Crippen molar-refractivity contribution < 1.29 is 24.2 Å². The van der Waals surface area contributed by atoms with E-state index in [1.165, 1.54) is 25.4 Å². The average Bonchev–Trinajstić information content (AvgIpc) is 2.92. The van der Waals surface area contributed by atoms with E-state index in [9.17, 15) is 14.4 Å². The van der Waals surface area contributed by atoms with Gasteiger partial charge in [-0.15, -0.1) is 11.3 Å². The third-order valence-corrected chi connectivity index (χ3v) is 3.57. The normalized spacial score (nSPS) is 13.2. The van der Waals surface area contributed by atoms with Crippen LogP contribution in [0.5, 0.6) is 0 Å². The molecule has 1 atom stereocenters. The highest BCUT2D eigenvalue weighted by Crippen LogP contribution is 2.08. The second-order valence-corrected chi connectivity index (χ2v) is 5.55. The molecule has 1 aromatic heterocycles. The van der Waals surface area contributed by atoms with Gasteiger partial charge in [0.1, 0.15) is 0 Å². The minimum absolute atomic E-state index is 0.0102. The number of ether oxygens (including phenoxy) is 1. The molecule has 0 aliphatic carbocycles. The minimum Gasteiger partial charge on any atom is -0.479 e. The van der Waals surface area contributed by atoms with Gasteiger partial charge in [0.2, 0.25) is 5.91 Å². The zero-order chi connectivity index (χ0) is 15.9. The minimum atomic E-state index is -1.48. The first-order valence-electron chi connectivity index (χ1n) is 6.24. The Kier molecular flexibility index (Phi) is 6.32. The lowest BCUT2D eigenvalue weighted by atomic mass is 10.0. The van der Waals surface area contributed by atoms with Crippen LogP contribution < -0.4 is 10.6 Å². The fourth-order valence-corrected chi connectivity index (χ4v) is 2.23. The van der Waals surface area contributed by atoms with Crippen LogP contribution in [0.15, 0.2) is 17.5 Å². The van der Waals surface area contributed by atoms with Crippen LogP contribution in [0.25, 0.3) is 0 Å². The number of methoxy groups -OCH3 is 1. The summed E-state index contributed by atoms with van der Waals surface area (Å²) >= 11 is 1.30. The molecule has 1 rings (SSSR count). The molecule has 0 fully saturated rings. The molecule has 21 heavy (non-hydrogen) atoms. The number of thiophene rings is 1. The largest absolute Gasteiger partial charge is 0.479 e. The number of carbonyl (C=O) groups is 3. The fourth-order valence-electron chi connectivity index (χ4n) is 1.59. The van der Waals surface area contributed by atoms with Gasteiger partial charge in [-0.1, -0.05) is 6.07 Å². The van der Waals surface area contributed by atoms with Crippen molar-refractivity contribution in [3.8, 4) is 0 Å². The summed E-state index contributed by atoms with van der Waals surface area (Å²) in [6, 6.07) is 3.44. The van der Waals surface area contributed by atoms with Crippen LogP contribution in [0.2, 0.25) is 0 Å². The van der Waals surface area contributed by atoms with Crippen LogP contribution in [-0.4, -0.2) is 48.7 Å². The molecule has 0 bridgehead atoms. The number of carbonyl (C=O) groups excluding carboxylic acids is 2. The standard InChI is InChI=1S/C13H18N2O5S/c1-13(8-20-2,12(18)19)15-10(16)5-6-14-11(17)9-4-3-7-21-9/h3-4,7H,5-6,8H2,1-2H3,(H,14,17)(H,15,16)(H,18,19). The van der Waals surface area contributed by atoms with Crippen LogP contribution in [-0.2, 0) is 14.3 Å². The van der Waals surface area contributed by atoms with Gasteiger partial charge in [0, 0.05) is 20.1 Å². The SMILES string of the molecule is COCC(C)(NC(=O)CCNC(=O)c1cccs1)C(=O)O. The molecule has 2 amide bonds. The van der Waals surface area contributed by atoms with Gasteiger partial charge < -0.3 is 20.5 Å². The quantitative estimate of drug-likeness (QED) is 0.647. The maximum absolute atomic E-state index is 11.7. The van der Waals surface area contributed by atoms with Crippen molar-refractivity contribution in [2.45, 2.75) is 18.9 Å². The Balaban J connectivity index is 2.40. The van der Waals surface area contributed by atoms with Crippen LogP contribution in [0.1, 0.15) is 23.0 Å². The Morgan fingerprint density at radius 3 is 2.67 bits per heavy atom. The zero-order valence-electron chi connectivity index (χ0n) is 11.8. The molecular weight excluding hydrogens is 296 g/mol. The summed E-state index contributed by atoms with van der Waals surface area (Å²) in [6.07, 6.45) is -0.0102. The lowest BCUT2D eigenvalue weighted by Gasteiger charge is -2.25. The molecule has 1 heterocycles. The third-order valence-electron chi connectivity index (χ3n) is 2.70. The maximum Gasteiger partial charge on any atom is 0.331 e. The predicted octanol–water partition coefficient (Wildman–Crippen LogP) is 0.474. The van der Waals surface area contributed by atoms with E-state index in [4.69, 9.17) is 9.84 Å². The average molecular weight is 314 g/mol. The fraction of sp³-hybridized carbons (Fsp3) is 0.462.